The fraction of sp³-hybridized carbons (Fsp3) is 0.533. The standard InChI is InChI=1S/C15H18Cl2N2O4S/c16-12-10-13(17)14(24(21,22)19-5-7-23-8-6-19)9-11(12)15(20)18-3-1-2-4-18/h9-10H,1-8H2. The number of hydrogen-bond acceptors (Lipinski definition) is 4. The van der Waals surface area contributed by atoms with Crippen LogP contribution in [0.1, 0.15) is 23.2 Å². The second kappa shape index (κ2) is 7.17. The van der Waals surface area contributed by atoms with E-state index in [0.717, 1.165) is 12.8 Å². The van der Waals surface area contributed by atoms with Crippen molar-refractivity contribution in [1.29, 1.82) is 0 Å². The first-order valence-electron chi connectivity index (χ1n) is 7.77. The van der Waals surface area contributed by atoms with E-state index in [4.69, 9.17) is 27.9 Å². The molecule has 0 atom stereocenters. The first-order valence-corrected chi connectivity index (χ1v) is 9.97. The molecule has 2 heterocycles. The van der Waals surface area contributed by atoms with Crippen molar-refractivity contribution in [2.45, 2.75) is 17.7 Å². The molecule has 1 aromatic rings. The molecule has 1 aromatic carbocycles. The van der Waals surface area contributed by atoms with Crippen LogP contribution < -0.4 is 0 Å². The topological polar surface area (TPSA) is 66.9 Å². The maximum Gasteiger partial charge on any atom is 0.255 e. The van der Waals surface area contributed by atoms with Crippen LogP contribution in [0.15, 0.2) is 17.0 Å². The molecule has 0 bridgehead atoms. The predicted molar refractivity (Wildman–Crippen MR) is 91.2 cm³/mol. The smallest absolute Gasteiger partial charge is 0.255 e. The third-order valence-corrected chi connectivity index (χ3v) is 6.91. The van der Waals surface area contributed by atoms with Crippen LogP contribution in [0.5, 0.6) is 0 Å². The molecule has 2 fully saturated rings. The summed E-state index contributed by atoms with van der Waals surface area (Å²) in [7, 11) is -3.80. The van der Waals surface area contributed by atoms with Crippen molar-refractivity contribution in [1.82, 2.24) is 9.21 Å². The average molecular weight is 393 g/mol. The van der Waals surface area contributed by atoms with Crippen molar-refractivity contribution in [3.8, 4) is 0 Å². The summed E-state index contributed by atoms with van der Waals surface area (Å²) in [6, 6.07) is 2.63. The lowest BCUT2D eigenvalue weighted by Crippen LogP contribution is -2.40. The summed E-state index contributed by atoms with van der Waals surface area (Å²) in [5, 5.41) is 0.183. The van der Waals surface area contributed by atoms with E-state index < -0.39 is 10.0 Å². The van der Waals surface area contributed by atoms with Gasteiger partial charge in [0, 0.05) is 26.2 Å². The molecule has 0 spiro atoms. The van der Waals surface area contributed by atoms with Crippen LogP contribution in [0.25, 0.3) is 0 Å². The Labute approximate surface area is 151 Å². The summed E-state index contributed by atoms with van der Waals surface area (Å²) in [5.41, 5.74) is 0.176. The van der Waals surface area contributed by atoms with Gasteiger partial charge in [-0.3, -0.25) is 4.79 Å². The Morgan fingerprint density at radius 3 is 2.25 bits per heavy atom. The summed E-state index contributed by atoms with van der Waals surface area (Å²) in [6.07, 6.45) is 1.88. The number of carbonyl (C=O) groups excluding carboxylic acids is 1. The van der Waals surface area contributed by atoms with Gasteiger partial charge in [-0.2, -0.15) is 4.31 Å². The lowest BCUT2D eigenvalue weighted by atomic mass is 10.2. The van der Waals surface area contributed by atoms with Gasteiger partial charge in [0.05, 0.1) is 28.8 Å². The molecule has 1 amide bonds. The number of sulfonamides is 1. The Bertz CT molecular complexity index is 742. The van der Waals surface area contributed by atoms with Crippen LogP contribution in [0.3, 0.4) is 0 Å². The van der Waals surface area contributed by atoms with Crippen LogP contribution in [0, 0.1) is 0 Å². The maximum atomic E-state index is 12.8. The number of benzene rings is 1. The first-order chi connectivity index (χ1) is 11.4. The first kappa shape index (κ1) is 17.9. The number of carbonyl (C=O) groups is 1. The minimum absolute atomic E-state index is 0.0180. The Balaban J connectivity index is 1.98. The van der Waals surface area contributed by atoms with Crippen LogP contribution in [0.4, 0.5) is 0 Å². The highest BCUT2D eigenvalue weighted by Gasteiger charge is 2.31. The predicted octanol–water partition coefficient (Wildman–Crippen LogP) is 2.25. The van der Waals surface area contributed by atoms with E-state index in [1.165, 1.54) is 16.4 Å². The van der Waals surface area contributed by atoms with E-state index in [9.17, 15) is 13.2 Å². The van der Waals surface area contributed by atoms with Crippen molar-refractivity contribution in [3.63, 3.8) is 0 Å². The number of morpholine rings is 1. The number of halogens is 2. The molecule has 0 aliphatic carbocycles. The monoisotopic (exact) mass is 392 g/mol. The van der Waals surface area contributed by atoms with Crippen LogP contribution in [-0.2, 0) is 14.8 Å². The molecular weight excluding hydrogens is 375 g/mol. The summed E-state index contributed by atoms with van der Waals surface area (Å²) in [4.78, 5) is 14.2. The molecule has 0 unspecified atom stereocenters. The molecule has 3 rings (SSSR count). The second-order valence-electron chi connectivity index (χ2n) is 5.78. The van der Waals surface area contributed by atoms with Crippen molar-refractivity contribution in [3.05, 3.63) is 27.7 Å². The normalized spacial score (nSPS) is 19.7. The third kappa shape index (κ3) is 3.41. The second-order valence-corrected chi connectivity index (χ2v) is 8.50. The number of likely N-dealkylation sites (tertiary alicyclic amines) is 1. The SMILES string of the molecule is O=C(c1cc(S(=O)(=O)N2CCOCC2)c(Cl)cc1Cl)N1CCCC1. The zero-order valence-electron chi connectivity index (χ0n) is 13.0. The molecule has 132 valence electrons. The lowest BCUT2D eigenvalue weighted by Gasteiger charge is -2.27. The maximum absolute atomic E-state index is 12.8. The minimum atomic E-state index is -3.80. The highest BCUT2D eigenvalue weighted by molar-refractivity contribution is 7.89. The van der Waals surface area contributed by atoms with Crippen LogP contribution >= 0.6 is 23.2 Å². The van der Waals surface area contributed by atoms with Gasteiger partial charge in [-0.15, -0.1) is 0 Å². The zero-order chi connectivity index (χ0) is 17.3. The van der Waals surface area contributed by atoms with Gasteiger partial charge in [0.1, 0.15) is 4.90 Å². The van der Waals surface area contributed by atoms with E-state index in [1.54, 1.807) is 4.90 Å². The van der Waals surface area contributed by atoms with Crippen molar-refractivity contribution >= 4 is 39.1 Å². The van der Waals surface area contributed by atoms with Gasteiger partial charge in [-0.1, -0.05) is 23.2 Å². The van der Waals surface area contributed by atoms with Crippen molar-refractivity contribution in [2.24, 2.45) is 0 Å². The van der Waals surface area contributed by atoms with E-state index in [-0.39, 0.29) is 39.5 Å². The fourth-order valence-corrected chi connectivity index (χ4v) is 5.14. The van der Waals surface area contributed by atoms with Crippen molar-refractivity contribution in [2.75, 3.05) is 39.4 Å². The molecule has 0 N–H and O–H groups in total. The van der Waals surface area contributed by atoms with E-state index in [0.29, 0.717) is 26.3 Å². The summed E-state index contributed by atoms with van der Waals surface area (Å²) in [6.45, 7) is 2.51. The van der Waals surface area contributed by atoms with Gasteiger partial charge in [0.15, 0.2) is 0 Å². The number of ether oxygens (including phenoxy) is 1. The Kier molecular flexibility index (Phi) is 5.36. The van der Waals surface area contributed by atoms with E-state index in [1.807, 2.05) is 0 Å². The minimum Gasteiger partial charge on any atom is -0.379 e. The molecule has 0 saturated carbocycles. The van der Waals surface area contributed by atoms with E-state index in [2.05, 4.69) is 0 Å². The summed E-state index contributed by atoms with van der Waals surface area (Å²) in [5.74, 6) is -0.257. The van der Waals surface area contributed by atoms with Gasteiger partial charge >= 0.3 is 0 Å². The molecule has 6 nitrogen and oxygen atoms in total. The molecule has 2 aliphatic rings. The lowest BCUT2D eigenvalue weighted by molar-refractivity contribution is 0.0730. The Morgan fingerprint density at radius 1 is 1.00 bits per heavy atom. The van der Waals surface area contributed by atoms with Gasteiger partial charge in [-0.05, 0) is 25.0 Å². The molecule has 24 heavy (non-hydrogen) atoms. The fourth-order valence-electron chi connectivity index (χ4n) is 2.91. The quantitative estimate of drug-likeness (QED) is 0.790. The number of hydrogen-bond donors (Lipinski definition) is 0. The summed E-state index contributed by atoms with van der Waals surface area (Å²) < 4.78 is 32.2. The Hall–Kier alpha value is -0.860. The largest absolute Gasteiger partial charge is 0.379 e. The molecule has 2 saturated heterocycles. The third-order valence-electron chi connectivity index (χ3n) is 4.23. The van der Waals surface area contributed by atoms with Gasteiger partial charge in [0.25, 0.3) is 5.91 Å². The zero-order valence-corrected chi connectivity index (χ0v) is 15.3. The molecule has 9 heteroatoms. The number of nitrogens with zero attached hydrogens (tertiary/aromatic N) is 2. The van der Waals surface area contributed by atoms with Crippen molar-refractivity contribution < 1.29 is 17.9 Å². The number of amides is 1. The number of rotatable bonds is 3. The molecule has 0 radical (unpaired) electrons. The highest BCUT2D eigenvalue weighted by atomic mass is 35.5. The van der Waals surface area contributed by atoms with E-state index >= 15 is 0 Å². The van der Waals surface area contributed by atoms with Gasteiger partial charge in [-0.25, -0.2) is 8.42 Å². The van der Waals surface area contributed by atoms with Gasteiger partial charge in [0.2, 0.25) is 10.0 Å². The van der Waals surface area contributed by atoms with Crippen LogP contribution in [0.2, 0.25) is 10.0 Å². The molecule has 0 aromatic heterocycles. The molecular formula is C15H18Cl2N2O4S. The van der Waals surface area contributed by atoms with Gasteiger partial charge < -0.3 is 9.64 Å². The average Bonchev–Trinajstić information content (AvgIpc) is 3.09. The van der Waals surface area contributed by atoms with Crippen LogP contribution in [-0.4, -0.2) is 62.9 Å². The Morgan fingerprint density at radius 2 is 1.62 bits per heavy atom. The molecule has 2 aliphatic heterocycles. The highest BCUT2D eigenvalue weighted by Crippen LogP contribution is 2.32. The summed E-state index contributed by atoms with van der Waals surface area (Å²) >= 11 is 12.3.